The number of ether oxygens (including phenoxy) is 1. The van der Waals surface area contributed by atoms with Crippen molar-refractivity contribution in [2.45, 2.75) is 45.1 Å². The lowest BCUT2D eigenvalue weighted by atomic mass is 10.0. The normalized spacial score (nSPS) is 15.7. The minimum atomic E-state index is -0.944. The Bertz CT molecular complexity index is 553. The molecule has 1 aliphatic carbocycles. The van der Waals surface area contributed by atoms with E-state index < -0.39 is 17.9 Å². The molecule has 1 aromatic carbocycles. The standard InChI is InChI=1S/C17H22N2O4/c1-12(23-15(20)11-13-7-5-6-8-13)16(21)18-19-17(22)14-9-3-2-4-10-14/h2-4,9-10,12-13H,5-8,11H2,1H3,(H,18,21)(H,19,22)/t12-/m0/s1. The molecule has 6 nitrogen and oxygen atoms in total. The Morgan fingerprint density at radius 1 is 1.13 bits per heavy atom. The quantitative estimate of drug-likeness (QED) is 0.642. The third-order valence-electron chi connectivity index (χ3n) is 3.94. The number of rotatable bonds is 5. The molecule has 6 heteroatoms. The SMILES string of the molecule is C[C@H](OC(=O)CC1CCCC1)C(=O)NNC(=O)c1ccccc1. The van der Waals surface area contributed by atoms with Gasteiger partial charge in [-0.1, -0.05) is 31.0 Å². The van der Waals surface area contributed by atoms with Gasteiger partial charge in [-0.2, -0.15) is 0 Å². The highest BCUT2D eigenvalue weighted by molar-refractivity contribution is 5.95. The van der Waals surface area contributed by atoms with Crippen molar-refractivity contribution in [3.8, 4) is 0 Å². The van der Waals surface area contributed by atoms with Crippen molar-refractivity contribution >= 4 is 17.8 Å². The lowest BCUT2D eigenvalue weighted by Crippen LogP contribution is -2.46. The average Bonchev–Trinajstić information content (AvgIpc) is 3.05. The Kier molecular flexibility index (Phi) is 6.14. The summed E-state index contributed by atoms with van der Waals surface area (Å²) in [7, 11) is 0. The molecule has 2 N–H and O–H groups in total. The fourth-order valence-corrected chi connectivity index (χ4v) is 2.63. The highest BCUT2D eigenvalue weighted by Gasteiger charge is 2.23. The number of esters is 1. The van der Waals surface area contributed by atoms with Crippen LogP contribution in [-0.4, -0.2) is 23.9 Å². The van der Waals surface area contributed by atoms with E-state index in [9.17, 15) is 14.4 Å². The first-order chi connectivity index (χ1) is 11.1. The van der Waals surface area contributed by atoms with Crippen LogP contribution in [0.25, 0.3) is 0 Å². The molecule has 1 atom stereocenters. The highest BCUT2D eigenvalue weighted by atomic mass is 16.5. The Hall–Kier alpha value is -2.37. The van der Waals surface area contributed by atoms with Crippen LogP contribution in [0, 0.1) is 5.92 Å². The van der Waals surface area contributed by atoms with Gasteiger partial charge in [0.2, 0.25) is 0 Å². The second kappa shape index (κ2) is 8.31. The summed E-state index contributed by atoms with van der Waals surface area (Å²) in [6, 6.07) is 8.51. The third kappa shape index (κ3) is 5.39. The van der Waals surface area contributed by atoms with Gasteiger partial charge in [0.05, 0.1) is 0 Å². The Labute approximate surface area is 135 Å². The molecule has 0 radical (unpaired) electrons. The van der Waals surface area contributed by atoms with Gasteiger partial charge in [-0.25, -0.2) is 0 Å². The maximum atomic E-state index is 11.8. The summed E-state index contributed by atoms with van der Waals surface area (Å²) in [6.07, 6.45) is 3.80. The van der Waals surface area contributed by atoms with Crippen molar-refractivity contribution in [2.75, 3.05) is 0 Å². The molecule has 124 valence electrons. The van der Waals surface area contributed by atoms with E-state index in [2.05, 4.69) is 10.9 Å². The number of amides is 2. The summed E-state index contributed by atoms with van der Waals surface area (Å²) in [5.74, 6) is -0.984. The number of hydrogen-bond donors (Lipinski definition) is 2. The fourth-order valence-electron chi connectivity index (χ4n) is 2.63. The van der Waals surface area contributed by atoms with Gasteiger partial charge < -0.3 is 4.74 Å². The first-order valence-electron chi connectivity index (χ1n) is 7.91. The minimum absolute atomic E-state index is 0.355. The van der Waals surface area contributed by atoms with Gasteiger partial charge in [0.15, 0.2) is 6.10 Å². The fraction of sp³-hybridized carbons (Fsp3) is 0.471. The zero-order valence-corrected chi connectivity index (χ0v) is 13.2. The number of hydrazine groups is 1. The van der Waals surface area contributed by atoms with Gasteiger partial charge in [-0.15, -0.1) is 0 Å². The van der Waals surface area contributed by atoms with Crippen molar-refractivity contribution in [3.63, 3.8) is 0 Å². The predicted octanol–water partition coefficient (Wildman–Crippen LogP) is 1.96. The molecule has 23 heavy (non-hydrogen) atoms. The highest BCUT2D eigenvalue weighted by Crippen LogP contribution is 2.27. The molecular weight excluding hydrogens is 296 g/mol. The summed E-state index contributed by atoms with van der Waals surface area (Å²) in [5, 5.41) is 0. The van der Waals surface area contributed by atoms with Crippen LogP contribution in [0.5, 0.6) is 0 Å². The van der Waals surface area contributed by atoms with Gasteiger partial charge in [0.25, 0.3) is 11.8 Å². The van der Waals surface area contributed by atoms with E-state index in [1.807, 2.05) is 0 Å². The molecule has 0 unspecified atom stereocenters. The molecule has 1 aromatic rings. The van der Waals surface area contributed by atoms with Crippen LogP contribution in [0.2, 0.25) is 0 Å². The van der Waals surface area contributed by atoms with E-state index in [1.165, 1.54) is 6.92 Å². The summed E-state index contributed by atoms with van der Waals surface area (Å²) in [6.45, 7) is 1.48. The van der Waals surface area contributed by atoms with E-state index in [1.54, 1.807) is 30.3 Å². The van der Waals surface area contributed by atoms with Crippen LogP contribution in [-0.2, 0) is 14.3 Å². The van der Waals surface area contributed by atoms with E-state index in [0.717, 1.165) is 25.7 Å². The molecule has 2 rings (SSSR count). The molecule has 0 saturated heterocycles. The Morgan fingerprint density at radius 3 is 2.43 bits per heavy atom. The smallest absolute Gasteiger partial charge is 0.306 e. The molecule has 1 aliphatic rings. The van der Waals surface area contributed by atoms with Gasteiger partial charge in [0, 0.05) is 12.0 Å². The van der Waals surface area contributed by atoms with Crippen LogP contribution >= 0.6 is 0 Å². The van der Waals surface area contributed by atoms with Crippen molar-refractivity contribution < 1.29 is 19.1 Å². The molecule has 0 aromatic heterocycles. The molecule has 0 aliphatic heterocycles. The zero-order valence-electron chi connectivity index (χ0n) is 13.2. The Morgan fingerprint density at radius 2 is 1.78 bits per heavy atom. The van der Waals surface area contributed by atoms with Crippen LogP contribution in [0.1, 0.15) is 49.4 Å². The third-order valence-corrected chi connectivity index (χ3v) is 3.94. The van der Waals surface area contributed by atoms with Gasteiger partial charge in [-0.3, -0.25) is 25.2 Å². The van der Waals surface area contributed by atoms with Gasteiger partial charge >= 0.3 is 5.97 Å². The Balaban J connectivity index is 1.72. The topological polar surface area (TPSA) is 84.5 Å². The molecule has 1 saturated carbocycles. The molecule has 2 amide bonds. The summed E-state index contributed by atoms with van der Waals surface area (Å²) in [4.78, 5) is 35.4. The minimum Gasteiger partial charge on any atom is -0.452 e. The molecule has 0 spiro atoms. The van der Waals surface area contributed by atoms with Crippen molar-refractivity contribution in [2.24, 2.45) is 5.92 Å². The van der Waals surface area contributed by atoms with Crippen molar-refractivity contribution in [1.29, 1.82) is 0 Å². The largest absolute Gasteiger partial charge is 0.452 e. The molecule has 1 fully saturated rings. The van der Waals surface area contributed by atoms with E-state index in [4.69, 9.17) is 4.74 Å². The number of benzene rings is 1. The average molecular weight is 318 g/mol. The lowest BCUT2D eigenvalue weighted by molar-refractivity contribution is -0.155. The molecule has 0 bridgehead atoms. The molecule has 0 heterocycles. The number of hydrogen-bond acceptors (Lipinski definition) is 4. The second-order valence-corrected chi connectivity index (χ2v) is 5.80. The number of carbonyl (C=O) groups is 3. The van der Waals surface area contributed by atoms with Crippen molar-refractivity contribution in [1.82, 2.24) is 10.9 Å². The van der Waals surface area contributed by atoms with Crippen LogP contribution in [0.3, 0.4) is 0 Å². The lowest BCUT2D eigenvalue weighted by Gasteiger charge is -2.15. The van der Waals surface area contributed by atoms with E-state index in [-0.39, 0.29) is 5.97 Å². The zero-order chi connectivity index (χ0) is 16.7. The molecular formula is C17H22N2O4. The maximum Gasteiger partial charge on any atom is 0.306 e. The monoisotopic (exact) mass is 318 g/mol. The maximum absolute atomic E-state index is 11.8. The first-order valence-corrected chi connectivity index (χ1v) is 7.91. The second-order valence-electron chi connectivity index (χ2n) is 5.80. The van der Waals surface area contributed by atoms with Crippen LogP contribution in [0.4, 0.5) is 0 Å². The van der Waals surface area contributed by atoms with Crippen LogP contribution < -0.4 is 10.9 Å². The predicted molar refractivity (Wildman–Crippen MR) is 84.2 cm³/mol. The van der Waals surface area contributed by atoms with E-state index >= 15 is 0 Å². The van der Waals surface area contributed by atoms with Gasteiger partial charge in [-0.05, 0) is 37.8 Å². The van der Waals surface area contributed by atoms with Crippen molar-refractivity contribution in [3.05, 3.63) is 35.9 Å². The van der Waals surface area contributed by atoms with Gasteiger partial charge in [0.1, 0.15) is 0 Å². The number of nitrogens with one attached hydrogen (secondary N) is 2. The van der Waals surface area contributed by atoms with E-state index in [0.29, 0.717) is 17.9 Å². The summed E-state index contributed by atoms with van der Waals surface area (Å²) >= 11 is 0. The number of carbonyl (C=O) groups excluding carboxylic acids is 3. The summed E-state index contributed by atoms with van der Waals surface area (Å²) in [5.41, 5.74) is 4.99. The summed E-state index contributed by atoms with van der Waals surface area (Å²) < 4.78 is 5.11. The first kappa shape index (κ1) is 17.0. The van der Waals surface area contributed by atoms with Crippen LogP contribution in [0.15, 0.2) is 30.3 Å².